The average Bonchev–Trinajstić information content (AvgIpc) is 2.89. The summed E-state index contributed by atoms with van der Waals surface area (Å²) in [5.41, 5.74) is 2.31. The van der Waals surface area contributed by atoms with Gasteiger partial charge in [0.15, 0.2) is 0 Å². The van der Waals surface area contributed by atoms with Crippen LogP contribution in [-0.4, -0.2) is 13.7 Å². The molecule has 1 atom stereocenters. The van der Waals surface area contributed by atoms with Crippen LogP contribution in [0.2, 0.25) is 0 Å². The highest BCUT2D eigenvalue weighted by Crippen LogP contribution is 2.27. The maximum Gasteiger partial charge on any atom is 0.125 e. The van der Waals surface area contributed by atoms with E-state index in [4.69, 9.17) is 9.15 Å². The van der Waals surface area contributed by atoms with Crippen LogP contribution in [-0.2, 0) is 0 Å². The van der Waals surface area contributed by atoms with Crippen molar-refractivity contribution in [1.82, 2.24) is 5.32 Å². The fraction of sp³-hybridized carbons (Fsp3) is 0.333. The first kappa shape index (κ1) is 12.7. The summed E-state index contributed by atoms with van der Waals surface area (Å²) in [6, 6.07) is 10.2. The topological polar surface area (TPSA) is 34.4 Å². The first-order valence-corrected chi connectivity index (χ1v) is 6.17. The Labute approximate surface area is 108 Å². The predicted octanol–water partition coefficient (Wildman–Crippen LogP) is 3.30. The summed E-state index contributed by atoms with van der Waals surface area (Å²) in [4.78, 5) is 0. The van der Waals surface area contributed by atoms with Crippen LogP contribution in [0.15, 0.2) is 41.0 Å². The molecule has 3 nitrogen and oxygen atoms in total. The van der Waals surface area contributed by atoms with Gasteiger partial charge in [-0.25, -0.2) is 0 Å². The van der Waals surface area contributed by atoms with E-state index in [9.17, 15) is 0 Å². The Bertz CT molecular complexity index is 491. The van der Waals surface area contributed by atoms with Gasteiger partial charge in [0.25, 0.3) is 0 Å². The third-order valence-electron chi connectivity index (χ3n) is 2.99. The van der Waals surface area contributed by atoms with E-state index in [2.05, 4.69) is 24.4 Å². The van der Waals surface area contributed by atoms with Crippen LogP contribution in [0.25, 0.3) is 0 Å². The van der Waals surface area contributed by atoms with Crippen LogP contribution in [0.4, 0.5) is 0 Å². The van der Waals surface area contributed by atoms with Gasteiger partial charge in [-0.15, -0.1) is 0 Å². The summed E-state index contributed by atoms with van der Waals surface area (Å²) in [6.07, 6.45) is 1.70. The molecule has 0 saturated heterocycles. The van der Waals surface area contributed by atoms with Gasteiger partial charge in [0.2, 0.25) is 0 Å². The maximum absolute atomic E-state index is 5.51. The smallest absolute Gasteiger partial charge is 0.125 e. The largest absolute Gasteiger partial charge is 0.496 e. The third kappa shape index (κ3) is 2.57. The highest BCUT2D eigenvalue weighted by atomic mass is 16.5. The Balaban J connectivity index is 2.34. The normalized spacial score (nSPS) is 12.4. The second kappa shape index (κ2) is 5.74. The van der Waals surface area contributed by atoms with E-state index >= 15 is 0 Å². The molecule has 0 bridgehead atoms. The van der Waals surface area contributed by atoms with Crippen molar-refractivity contribution < 1.29 is 9.15 Å². The molecule has 1 aromatic carbocycles. The number of benzene rings is 1. The lowest BCUT2D eigenvalue weighted by atomic mass is 10.0. The lowest BCUT2D eigenvalue weighted by Gasteiger charge is -2.17. The number of hydrogen-bond acceptors (Lipinski definition) is 3. The minimum Gasteiger partial charge on any atom is -0.496 e. The van der Waals surface area contributed by atoms with Crippen molar-refractivity contribution in [1.29, 1.82) is 0 Å². The third-order valence-corrected chi connectivity index (χ3v) is 2.99. The summed E-state index contributed by atoms with van der Waals surface area (Å²) >= 11 is 0. The van der Waals surface area contributed by atoms with Gasteiger partial charge in [-0.1, -0.05) is 19.1 Å². The highest BCUT2D eigenvalue weighted by Gasteiger charge is 2.16. The van der Waals surface area contributed by atoms with Gasteiger partial charge >= 0.3 is 0 Å². The van der Waals surface area contributed by atoms with Crippen molar-refractivity contribution in [3.63, 3.8) is 0 Å². The average molecular weight is 245 g/mol. The van der Waals surface area contributed by atoms with E-state index in [0.29, 0.717) is 0 Å². The van der Waals surface area contributed by atoms with Gasteiger partial charge in [0.1, 0.15) is 11.5 Å². The van der Waals surface area contributed by atoms with Crippen molar-refractivity contribution in [2.24, 2.45) is 0 Å². The maximum atomic E-state index is 5.51. The van der Waals surface area contributed by atoms with Crippen LogP contribution in [0.3, 0.4) is 0 Å². The second-order valence-electron chi connectivity index (χ2n) is 4.24. The fourth-order valence-electron chi connectivity index (χ4n) is 2.12. The molecule has 3 heteroatoms. The molecule has 0 aliphatic heterocycles. The van der Waals surface area contributed by atoms with E-state index in [1.165, 1.54) is 5.56 Å². The lowest BCUT2D eigenvalue weighted by molar-refractivity contribution is 0.410. The zero-order valence-electron chi connectivity index (χ0n) is 11.1. The van der Waals surface area contributed by atoms with E-state index in [-0.39, 0.29) is 6.04 Å². The molecule has 96 valence electrons. The molecule has 2 rings (SSSR count). The summed E-state index contributed by atoms with van der Waals surface area (Å²) in [5, 5.41) is 3.43. The zero-order valence-corrected chi connectivity index (χ0v) is 11.1. The quantitative estimate of drug-likeness (QED) is 0.877. The SMILES string of the molecule is CCNC(c1ccc(OC)c(C)c1)c1ccco1. The molecule has 0 fully saturated rings. The van der Waals surface area contributed by atoms with Gasteiger partial charge in [0, 0.05) is 0 Å². The number of methoxy groups -OCH3 is 1. The molecule has 1 N–H and O–H groups in total. The number of hydrogen-bond donors (Lipinski definition) is 1. The van der Waals surface area contributed by atoms with Gasteiger partial charge in [-0.3, -0.25) is 0 Å². The number of furan rings is 1. The monoisotopic (exact) mass is 245 g/mol. The first-order chi connectivity index (χ1) is 8.76. The van der Waals surface area contributed by atoms with Crippen molar-refractivity contribution in [2.75, 3.05) is 13.7 Å². The lowest BCUT2D eigenvalue weighted by Crippen LogP contribution is -2.21. The molecule has 0 spiro atoms. The number of ether oxygens (including phenoxy) is 1. The Kier molecular flexibility index (Phi) is 4.05. The Morgan fingerprint density at radius 2 is 2.17 bits per heavy atom. The van der Waals surface area contributed by atoms with Crippen LogP contribution in [0, 0.1) is 6.92 Å². The van der Waals surface area contributed by atoms with Crippen molar-refractivity contribution in [3.05, 3.63) is 53.5 Å². The van der Waals surface area contributed by atoms with Crippen LogP contribution in [0.5, 0.6) is 5.75 Å². The van der Waals surface area contributed by atoms with Crippen LogP contribution in [0.1, 0.15) is 29.9 Å². The molecule has 0 amide bonds. The first-order valence-electron chi connectivity index (χ1n) is 6.17. The molecule has 0 aliphatic carbocycles. The van der Waals surface area contributed by atoms with E-state index in [1.54, 1.807) is 13.4 Å². The molecule has 1 aromatic heterocycles. The molecule has 0 radical (unpaired) electrons. The minimum absolute atomic E-state index is 0.0922. The standard InChI is InChI=1S/C15H19NO2/c1-4-16-15(14-6-5-9-18-14)12-7-8-13(17-3)11(2)10-12/h5-10,15-16H,4H2,1-3H3. The number of rotatable bonds is 5. The number of nitrogens with one attached hydrogen (secondary N) is 1. The van der Waals surface area contributed by atoms with Crippen LogP contribution < -0.4 is 10.1 Å². The van der Waals surface area contributed by atoms with Crippen molar-refractivity contribution in [3.8, 4) is 5.75 Å². The summed E-state index contributed by atoms with van der Waals surface area (Å²) in [6.45, 7) is 5.02. The van der Waals surface area contributed by atoms with E-state index in [1.807, 2.05) is 25.1 Å². The number of aryl methyl sites for hydroxylation is 1. The van der Waals surface area contributed by atoms with Gasteiger partial charge < -0.3 is 14.5 Å². The summed E-state index contributed by atoms with van der Waals surface area (Å²) in [7, 11) is 1.69. The second-order valence-corrected chi connectivity index (χ2v) is 4.24. The zero-order chi connectivity index (χ0) is 13.0. The Morgan fingerprint density at radius 1 is 1.33 bits per heavy atom. The predicted molar refractivity (Wildman–Crippen MR) is 72.0 cm³/mol. The Hall–Kier alpha value is -1.74. The molecular formula is C15H19NO2. The molecule has 2 aromatic rings. The fourth-order valence-corrected chi connectivity index (χ4v) is 2.12. The minimum atomic E-state index is 0.0922. The molecule has 0 saturated carbocycles. The molecule has 18 heavy (non-hydrogen) atoms. The summed E-state index contributed by atoms with van der Waals surface area (Å²) < 4.78 is 10.8. The molecule has 0 aliphatic rings. The van der Waals surface area contributed by atoms with E-state index in [0.717, 1.165) is 23.6 Å². The van der Waals surface area contributed by atoms with Crippen molar-refractivity contribution >= 4 is 0 Å². The highest BCUT2D eigenvalue weighted by molar-refractivity contribution is 5.39. The Morgan fingerprint density at radius 3 is 2.72 bits per heavy atom. The van der Waals surface area contributed by atoms with Gasteiger partial charge in [-0.05, 0) is 42.8 Å². The molecule has 1 heterocycles. The molecule has 1 unspecified atom stereocenters. The summed E-state index contributed by atoms with van der Waals surface area (Å²) in [5.74, 6) is 1.84. The van der Waals surface area contributed by atoms with E-state index < -0.39 is 0 Å². The van der Waals surface area contributed by atoms with Crippen LogP contribution >= 0.6 is 0 Å². The molecular weight excluding hydrogens is 226 g/mol. The van der Waals surface area contributed by atoms with Gasteiger partial charge in [-0.2, -0.15) is 0 Å². The van der Waals surface area contributed by atoms with Gasteiger partial charge in [0.05, 0.1) is 19.4 Å². The van der Waals surface area contributed by atoms with Crippen molar-refractivity contribution in [2.45, 2.75) is 19.9 Å².